The van der Waals surface area contributed by atoms with E-state index in [1.54, 1.807) is 14.0 Å². The lowest BCUT2D eigenvalue weighted by molar-refractivity contribution is -0.123. The average Bonchev–Trinajstić information content (AvgIpc) is 3.27. The lowest BCUT2D eigenvalue weighted by Crippen LogP contribution is -2.45. The van der Waals surface area contributed by atoms with Gasteiger partial charge in [-0.15, -0.1) is 5.10 Å². The summed E-state index contributed by atoms with van der Waals surface area (Å²) < 4.78 is 12.6. The number of piperidine rings is 1. The molecule has 1 fully saturated rings. The number of hydrogen-bond acceptors (Lipinski definition) is 8. The van der Waals surface area contributed by atoms with Gasteiger partial charge in [0.1, 0.15) is 11.1 Å². The standard InChI is InChI=1S/C21H27N5O4S/c1-4-30-15-6-5-14(11-16(15)29-3)17(25-9-7-13(8-10-25)19(22)27)18-20(28)26-21(31-18)23-12(2)24-26/h5-6,11,13,17-18H,4,7-10H2,1-3H3,(H2,22,27). The minimum Gasteiger partial charge on any atom is -0.493 e. The van der Waals surface area contributed by atoms with E-state index in [-0.39, 0.29) is 23.8 Å². The summed E-state index contributed by atoms with van der Waals surface area (Å²) in [6, 6.07) is 5.57. The van der Waals surface area contributed by atoms with Crippen molar-refractivity contribution in [1.82, 2.24) is 19.7 Å². The third-order valence-electron chi connectivity index (χ3n) is 5.81. The van der Waals surface area contributed by atoms with Gasteiger partial charge in [0, 0.05) is 5.92 Å². The molecule has 1 aromatic carbocycles. The van der Waals surface area contributed by atoms with Crippen LogP contribution in [0.5, 0.6) is 11.5 Å². The molecule has 0 aliphatic carbocycles. The number of thioether (sulfide) groups is 1. The number of primary amides is 1. The van der Waals surface area contributed by atoms with E-state index in [9.17, 15) is 9.59 Å². The van der Waals surface area contributed by atoms with E-state index in [1.807, 2.05) is 25.1 Å². The highest BCUT2D eigenvalue weighted by atomic mass is 32.2. The molecular formula is C21H27N5O4S. The normalized spacial score (nSPS) is 20.5. The van der Waals surface area contributed by atoms with Crippen LogP contribution in [0.3, 0.4) is 0 Å². The molecule has 2 aliphatic heterocycles. The number of likely N-dealkylation sites (tertiary alicyclic amines) is 1. The van der Waals surface area contributed by atoms with E-state index < -0.39 is 5.25 Å². The molecule has 1 amide bonds. The molecule has 3 heterocycles. The van der Waals surface area contributed by atoms with E-state index >= 15 is 0 Å². The number of ether oxygens (including phenoxy) is 2. The summed E-state index contributed by atoms with van der Waals surface area (Å²) in [5, 5.41) is 4.48. The van der Waals surface area contributed by atoms with Gasteiger partial charge in [-0.2, -0.15) is 4.68 Å². The van der Waals surface area contributed by atoms with Gasteiger partial charge in [0.25, 0.3) is 5.91 Å². The fraction of sp³-hybridized carbons (Fsp3) is 0.524. The minimum atomic E-state index is -0.400. The van der Waals surface area contributed by atoms with E-state index in [4.69, 9.17) is 15.2 Å². The van der Waals surface area contributed by atoms with Crippen LogP contribution in [0.25, 0.3) is 0 Å². The van der Waals surface area contributed by atoms with Gasteiger partial charge in [-0.25, -0.2) is 4.98 Å². The zero-order valence-electron chi connectivity index (χ0n) is 17.9. The third-order valence-corrected chi connectivity index (χ3v) is 7.00. The average molecular weight is 446 g/mol. The number of carbonyl (C=O) groups is 2. The van der Waals surface area contributed by atoms with Crippen molar-refractivity contribution >= 4 is 23.6 Å². The zero-order valence-corrected chi connectivity index (χ0v) is 18.7. The van der Waals surface area contributed by atoms with Gasteiger partial charge >= 0.3 is 0 Å². The second-order valence-corrected chi connectivity index (χ2v) is 8.84. The lowest BCUT2D eigenvalue weighted by Gasteiger charge is -2.38. The first-order valence-corrected chi connectivity index (χ1v) is 11.3. The molecule has 0 radical (unpaired) electrons. The van der Waals surface area contributed by atoms with Gasteiger partial charge in [0.2, 0.25) is 5.91 Å². The summed E-state index contributed by atoms with van der Waals surface area (Å²) in [5.74, 6) is 1.39. The Labute approximate surface area is 185 Å². The Bertz CT molecular complexity index is 986. The van der Waals surface area contributed by atoms with Crippen LogP contribution in [0, 0.1) is 12.8 Å². The molecule has 0 spiro atoms. The molecule has 166 valence electrons. The molecule has 10 heteroatoms. The largest absolute Gasteiger partial charge is 0.493 e. The summed E-state index contributed by atoms with van der Waals surface area (Å²) in [4.78, 5) is 31.5. The highest BCUT2D eigenvalue weighted by molar-refractivity contribution is 8.00. The van der Waals surface area contributed by atoms with Crippen molar-refractivity contribution in [2.24, 2.45) is 11.7 Å². The first-order chi connectivity index (χ1) is 14.9. The molecule has 2 N–H and O–H groups in total. The van der Waals surface area contributed by atoms with Gasteiger partial charge in [-0.05, 0) is 57.5 Å². The van der Waals surface area contributed by atoms with Gasteiger partial charge in [-0.1, -0.05) is 17.8 Å². The number of aryl methyl sites for hydroxylation is 1. The molecule has 1 aromatic heterocycles. The number of methoxy groups -OCH3 is 1. The predicted molar refractivity (Wildman–Crippen MR) is 115 cm³/mol. The minimum absolute atomic E-state index is 0.0875. The van der Waals surface area contributed by atoms with Crippen molar-refractivity contribution < 1.29 is 19.1 Å². The SMILES string of the molecule is CCOc1ccc(C(C2Sc3nc(C)nn3C2=O)N2CCC(C(N)=O)CC2)cc1OC. The monoisotopic (exact) mass is 445 g/mol. The number of hydrogen-bond donors (Lipinski definition) is 1. The lowest BCUT2D eigenvalue weighted by atomic mass is 9.92. The fourth-order valence-electron chi connectivity index (χ4n) is 4.28. The van der Waals surface area contributed by atoms with Crippen LogP contribution < -0.4 is 15.2 Å². The van der Waals surface area contributed by atoms with Gasteiger partial charge in [0.15, 0.2) is 16.7 Å². The van der Waals surface area contributed by atoms with Gasteiger partial charge in [-0.3, -0.25) is 14.5 Å². The first kappa shape index (κ1) is 21.6. The van der Waals surface area contributed by atoms with Crippen molar-refractivity contribution in [1.29, 1.82) is 0 Å². The van der Waals surface area contributed by atoms with Gasteiger partial charge in [0.05, 0.1) is 19.8 Å². The Kier molecular flexibility index (Phi) is 6.19. The molecule has 2 atom stereocenters. The predicted octanol–water partition coefficient (Wildman–Crippen LogP) is 2.05. The second kappa shape index (κ2) is 8.88. The van der Waals surface area contributed by atoms with Crippen LogP contribution in [-0.2, 0) is 4.79 Å². The Morgan fingerprint density at radius 2 is 2.06 bits per heavy atom. The van der Waals surface area contributed by atoms with Crippen LogP contribution >= 0.6 is 11.8 Å². The van der Waals surface area contributed by atoms with E-state index in [2.05, 4.69) is 15.0 Å². The second-order valence-electron chi connectivity index (χ2n) is 7.73. The maximum atomic E-state index is 13.2. The molecule has 0 saturated carbocycles. The molecule has 2 aromatic rings. The highest BCUT2D eigenvalue weighted by Gasteiger charge is 2.44. The van der Waals surface area contributed by atoms with Crippen LogP contribution in [0.4, 0.5) is 0 Å². The maximum Gasteiger partial charge on any atom is 0.264 e. The van der Waals surface area contributed by atoms with Crippen LogP contribution in [0.1, 0.15) is 42.0 Å². The highest BCUT2D eigenvalue weighted by Crippen LogP contribution is 2.43. The third kappa shape index (κ3) is 4.14. The summed E-state index contributed by atoms with van der Waals surface area (Å²) in [7, 11) is 1.60. The number of nitrogens with zero attached hydrogens (tertiary/aromatic N) is 4. The summed E-state index contributed by atoms with van der Waals surface area (Å²) in [6.07, 6.45) is 1.35. The van der Waals surface area contributed by atoms with Crippen molar-refractivity contribution in [2.45, 2.75) is 43.1 Å². The quantitative estimate of drug-likeness (QED) is 0.689. The number of fused-ring (bicyclic) bond motifs is 1. The van der Waals surface area contributed by atoms with Crippen LogP contribution in [-0.4, -0.2) is 63.5 Å². The Balaban J connectivity index is 1.68. The summed E-state index contributed by atoms with van der Waals surface area (Å²) in [5.41, 5.74) is 6.47. The van der Waals surface area contributed by atoms with Gasteiger partial charge < -0.3 is 15.2 Å². The molecular weight excluding hydrogens is 418 g/mol. The molecule has 9 nitrogen and oxygen atoms in total. The Hall–Kier alpha value is -2.59. The van der Waals surface area contributed by atoms with Crippen LogP contribution in [0.15, 0.2) is 23.4 Å². The Morgan fingerprint density at radius 1 is 1.32 bits per heavy atom. The smallest absolute Gasteiger partial charge is 0.264 e. The number of amides is 1. The molecule has 2 unspecified atom stereocenters. The van der Waals surface area contributed by atoms with E-state index in [1.165, 1.54) is 16.4 Å². The summed E-state index contributed by atoms with van der Waals surface area (Å²) >= 11 is 1.43. The van der Waals surface area contributed by atoms with Crippen molar-refractivity contribution in [3.63, 3.8) is 0 Å². The topological polar surface area (TPSA) is 113 Å². The maximum absolute atomic E-state index is 13.2. The van der Waals surface area contributed by atoms with Crippen molar-refractivity contribution in [3.05, 3.63) is 29.6 Å². The number of nitrogens with two attached hydrogens (primary N) is 1. The first-order valence-electron chi connectivity index (χ1n) is 10.4. The molecule has 2 aliphatic rings. The molecule has 31 heavy (non-hydrogen) atoms. The molecule has 4 rings (SSSR count). The van der Waals surface area contributed by atoms with Crippen molar-refractivity contribution in [2.75, 3.05) is 26.8 Å². The van der Waals surface area contributed by atoms with E-state index in [0.29, 0.717) is 55.0 Å². The number of aromatic nitrogens is 3. The number of carbonyl (C=O) groups excluding carboxylic acids is 2. The fourth-order valence-corrected chi connectivity index (χ4v) is 5.58. The van der Waals surface area contributed by atoms with E-state index in [0.717, 1.165) is 5.56 Å². The molecule has 1 saturated heterocycles. The number of rotatable bonds is 7. The zero-order chi connectivity index (χ0) is 22.1. The Morgan fingerprint density at radius 3 is 2.68 bits per heavy atom. The summed E-state index contributed by atoms with van der Waals surface area (Å²) in [6.45, 7) is 5.57. The van der Waals surface area contributed by atoms with Crippen molar-refractivity contribution in [3.8, 4) is 11.5 Å². The van der Waals surface area contributed by atoms with Crippen LogP contribution in [0.2, 0.25) is 0 Å². The number of benzene rings is 1. The molecule has 0 bridgehead atoms.